The average Bonchev–Trinajstić information content (AvgIpc) is 3.62. The molecule has 6 aromatic heterocycles. The van der Waals surface area contributed by atoms with Crippen LogP contribution in [0.25, 0.3) is 55.7 Å². The Balaban J connectivity index is 1.19. The van der Waals surface area contributed by atoms with Gasteiger partial charge in [0.15, 0.2) is 0 Å². The van der Waals surface area contributed by atoms with E-state index in [1.807, 2.05) is 30.3 Å². The maximum Gasteiger partial charge on any atom is 0.224 e. The molecule has 3 N–H and O–H groups in total. The van der Waals surface area contributed by atoms with Gasteiger partial charge in [-0.25, -0.2) is 4.98 Å². The van der Waals surface area contributed by atoms with Crippen LogP contribution in [0.4, 0.5) is 5.69 Å². The van der Waals surface area contributed by atoms with Crippen molar-refractivity contribution in [1.82, 2.24) is 35.1 Å². The molecule has 1 fully saturated rings. The normalized spacial score (nSPS) is 14.1. The predicted octanol–water partition coefficient (Wildman–Crippen LogP) is 6.53. The molecule has 0 aromatic carbocycles. The first-order valence-electron chi connectivity index (χ1n) is 13.7. The van der Waals surface area contributed by atoms with Crippen LogP contribution in [0.5, 0.6) is 0 Å². The highest BCUT2D eigenvalue weighted by molar-refractivity contribution is 6.00. The van der Waals surface area contributed by atoms with Gasteiger partial charge in [0.1, 0.15) is 11.3 Å². The maximum absolute atomic E-state index is 12.7. The van der Waals surface area contributed by atoms with Crippen molar-refractivity contribution in [2.75, 3.05) is 5.32 Å². The highest BCUT2D eigenvalue weighted by Crippen LogP contribution is 2.34. The van der Waals surface area contributed by atoms with E-state index in [1.54, 1.807) is 37.2 Å². The summed E-state index contributed by atoms with van der Waals surface area (Å²) >= 11 is 0. The number of carbonyl (C=O) groups excluding carboxylic acids is 1. The molecule has 1 aliphatic carbocycles. The summed E-state index contributed by atoms with van der Waals surface area (Å²) in [6, 6.07) is 12.0. The molecule has 198 valence electrons. The number of aromatic amines is 2. The van der Waals surface area contributed by atoms with E-state index < -0.39 is 0 Å². The monoisotopic (exact) mass is 528 g/mol. The molecule has 0 atom stereocenters. The number of nitrogens with one attached hydrogen (secondary N) is 3. The molecule has 0 unspecified atom stereocenters. The minimum Gasteiger partial charge on any atom is -0.338 e. The lowest BCUT2D eigenvalue weighted by atomic mass is 9.87. The number of anilines is 1. The smallest absolute Gasteiger partial charge is 0.224 e. The zero-order valence-corrected chi connectivity index (χ0v) is 21.9. The van der Waals surface area contributed by atoms with Crippen LogP contribution in [0.15, 0.2) is 73.6 Å². The lowest BCUT2D eigenvalue weighted by molar-refractivity contribution is -0.117. The van der Waals surface area contributed by atoms with Crippen LogP contribution < -0.4 is 5.32 Å². The Hall–Kier alpha value is -4.92. The number of amides is 1. The molecular formula is C31H28N8O. The summed E-state index contributed by atoms with van der Waals surface area (Å²) in [6.07, 6.45) is 17.2. The first-order chi connectivity index (χ1) is 19.7. The fraction of sp³-hybridized carbons (Fsp3) is 0.226. The summed E-state index contributed by atoms with van der Waals surface area (Å²) in [6.45, 7) is 0. The van der Waals surface area contributed by atoms with E-state index in [4.69, 9.17) is 0 Å². The molecule has 0 bridgehead atoms. The quantitative estimate of drug-likeness (QED) is 0.226. The molecule has 0 saturated heterocycles. The van der Waals surface area contributed by atoms with Crippen LogP contribution in [0.1, 0.15) is 38.5 Å². The molecule has 1 amide bonds. The molecule has 1 saturated carbocycles. The third kappa shape index (κ3) is 4.70. The Morgan fingerprint density at radius 2 is 1.75 bits per heavy atom. The van der Waals surface area contributed by atoms with E-state index in [-0.39, 0.29) is 5.91 Å². The number of pyridine rings is 4. The van der Waals surface area contributed by atoms with E-state index in [9.17, 15) is 4.79 Å². The Morgan fingerprint density at radius 1 is 0.875 bits per heavy atom. The van der Waals surface area contributed by atoms with Gasteiger partial charge >= 0.3 is 0 Å². The van der Waals surface area contributed by atoms with Crippen LogP contribution in [0, 0.1) is 5.92 Å². The molecule has 0 spiro atoms. The van der Waals surface area contributed by atoms with Crippen molar-refractivity contribution in [3.63, 3.8) is 0 Å². The summed E-state index contributed by atoms with van der Waals surface area (Å²) in [4.78, 5) is 33.8. The lowest BCUT2D eigenvalue weighted by Crippen LogP contribution is -2.18. The molecule has 9 nitrogen and oxygen atoms in total. The highest BCUT2D eigenvalue weighted by atomic mass is 16.1. The Morgan fingerprint density at radius 3 is 2.62 bits per heavy atom. The second kappa shape index (κ2) is 10.3. The topological polar surface area (TPSA) is 125 Å². The van der Waals surface area contributed by atoms with Crippen LogP contribution in [-0.4, -0.2) is 41.0 Å². The number of fused-ring (bicyclic) bond motifs is 2. The molecule has 9 heteroatoms. The van der Waals surface area contributed by atoms with E-state index in [0.717, 1.165) is 68.6 Å². The number of aromatic nitrogens is 7. The third-order valence-electron chi connectivity index (χ3n) is 7.74. The fourth-order valence-corrected chi connectivity index (χ4v) is 5.73. The zero-order valence-electron chi connectivity index (χ0n) is 21.9. The molecule has 6 aromatic rings. The van der Waals surface area contributed by atoms with Gasteiger partial charge in [-0.3, -0.25) is 24.8 Å². The van der Waals surface area contributed by atoms with Gasteiger partial charge in [0.2, 0.25) is 5.91 Å². The van der Waals surface area contributed by atoms with E-state index in [2.05, 4.69) is 46.5 Å². The number of carbonyl (C=O) groups is 1. The number of H-pyrrole nitrogens is 2. The SMILES string of the molecule is O=C(CC1CCCCC1)Nc1cncc(-c2cc3c(-c4cc5c(-c6ccncc6)ccnc5[nH]4)n[nH]c3cn2)c1. The van der Waals surface area contributed by atoms with Crippen molar-refractivity contribution < 1.29 is 4.79 Å². The van der Waals surface area contributed by atoms with Crippen LogP contribution in [0.2, 0.25) is 0 Å². The summed E-state index contributed by atoms with van der Waals surface area (Å²) in [7, 11) is 0. The predicted molar refractivity (Wildman–Crippen MR) is 155 cm³/mol. The van der Waals surface area contributed by atoms with Gasteiger partial charge in [-0.15, -0.1) is 0 Å². The van der Waals surface area contributed by atoms with Gasteiger partial charge in [0.25, 0.3) is 0 Å². The van der Waals surface area contributed by atoms with E-state index in [1.165, 1.54) is 19.3 Å². The standard InChI is InChI=1S/C31H28N8O/c40-29(12-19-4-2-1-3-5-19)36-22-13-21(16-33-17-22)26-15-25-28(18-35-26)38-39-30(25)27-14-24-23(8-11-34-31(24)37-27)20-6-9-32-10-7-20/h6-11,13-19H,1-5,12H2,(H,34,37)(H,36,40)(H,38,39). The lowest BCUT2D eigenvalue weighted by Gasteiger charge is -2.20. The van der Waals surface area contributed by atoms with Crippen molar-refractivity contribution in [3.05, 3.63) is 73.6 Å². The van der Waals surface area contributed by atoms with Crippen molar-refractivity contribution in [3.8, 4) is 33.8 Å². The average molecular weight is 529 g/mol. The molecule has 40 heavy (non-hydrogen) atoms. The van der Waals surface area contributed by atoms with Crippen molar-refractivity contribution in [2.45, 2.75) is 38.5 Å². The second-order valence-electron chi connectivity index (χ2n) is 10.4. The molecular weight excluding hydrogens is 500 g/mol. The molecule has 7 rings (SSSR count). The first-order valence-corrected chi connectivity index (χ1v) is 13.7. The van der Waals surface area contributed by atoms with Crippen LogP contribution in [0.3, 0.4) is 0 Å². The number of hydrogen-bond donors (Lipinski definition) is 3. The summed E-state index contributed by atoms with van der Waals surface area (Å²) in [5.74, 6) is 0.527. The minimum atomic E-state index is 0.0462. The minimum absolute atomic E-state index is 0.0462. The van der Waals surface area contributed by atoms with Crippen molar-refractivity contribution in [2.24, 2.45) is 5.92 Å². The largest absolute Gasteiger partial charge is 0.338 e. The highest BCUT2D eigenvalue weighted by Gasteiger charge is 2.18. The van der Waals surface area contributed by atoms with E-state index >= 15 is 0 Å². The molecule has 0 aliphatic heterocycles. The van der Waals surface area contributed by atoms with Crippen LogP contribution >= 0.6 is 0 Å². The summed E-state index contributed by atoms with van der Waals surface area (Å²) in [5.41, 5.74) is 7.64. The van der Waals surface area contributed by atoms with Gasteiger partial charge in [0.05, 0.1) is 35.0 Å². The Kier molecular flexibility index (Phi) is 6.24. The fourth-order valence-electron chi connectivity index (χ4n) is 5.73. The Labute approximate surface area is 230 Å². The molecule has 0 radical (unpaired) electrons. The van der Waals surface area contributed by atoms with E-state index in [0.29, 0.717) is 18.0 Å². The molecule has 1 aliphatic rings. The summed E-state index contributed by atoms with van der Waals surface area (Å²) in [5, 5.41) is 12.7. The van der Waals surface area contributed by atoms with Gasteiger partial charge < -0.3 is 10.3 Å². The van der Waals surface area contributed by atoms with Gasteiger partial charge in [-0.2, -0.15) is 5.10 Å². The van der Waals surface area contributed by atoms with Crippen molar-refractivity contribution >= 4 is 33.5 Å². The second-order valence-corrected chi connectivity index (χ2v) is 10.4. The van der Waals surface area contributed by atoms with Gasteiger partial charge in [-0.05, 0) is 66.3 Å². The first kappa shape index (κ1) is 24.1. The van der Waals surface area contributed by atoms with Gasteiger partial charge in [-0.1, -0.05) is 19.3 Å². The molecule has 6 heterocycles. The number of nitrogens with zero attached hydrogens (tertiary/aromatic N) is 5. The maximum atomic E-state index is 12.7. The zero-order chi connectivity index (χ0) is 26.9. The van der Waals surface area contributed by atoms with Crippen molar-refractivity contribution in [1.29, 1.82) is 0 Å². The third-order valence-corrected chi connectivity index (χ3v) is 7.74. The van der Waals surface area contributed by atoms with Gasteiger partial charge in [0, 0.05) is 47.5 Å². The van der Waals surface area contributed by atoms with Crippen LogP contribution in [-0.2, 0) is 4.79 Å². The number of hydrogen-bond acceptors (Lipinski definition) is 6. The number of rotatable bonds is 6. The Bertz CT molecular complexity index is 1820. The summed E-state index contributed by atoms with van der Waals surface area (Å²) < 4.78 is 0.